The number of aliphatic carboxylic acids is 1. The molecule has 2 unspecified atom stereocenters. The van der Waals surface area contributed by atoms with E-state index in [2.05, 4.69) is 26.0 Å². The predicted octanol–water partition coefficient (Wildman–Crippen LogP) is 8.63. The highest BCUT2D eigenvalue weighted by Gasteiger charge is 2.25. The van der Waals surface area contributed by atoms with E-state index < -0.39 is 18.1 Å². The van der Waals surface area contributed by atoms with E-state index in [-0.39, 0.29) is 42.7 Å². The Kier molecular flexibility index (Phi) is 31.0. The van der Waals surface area contributed by atoms with Crippen LogP contribution in [0.3, 0.4) is 0 Å². The van der Waals surface area contributed by atoms with Crippen LogP contribution in [0.25, 0.3) is 0 Å². The Morgan fingerprint density at radius 1 is 0.604 bits per heavy atom. The smallest absolute Gasteiger partial charge is 0.306 e. The van der Waals surface area contributed by atoms with Gasteiger partial charge in [-0.15, -0.1) is 0 Å². The first-order valence-electron chi connectivity index (χ1n) is 19.7. The van der Waals surface area contributed by atoms with Gasteiger partial charge in [0.05, 0.1) is 40.3 Å². The molecule has 0 amide bonds. The van der Waals surface area contributed by atoms with Crippen molar-refractivity contribution in [2.75, 3.05) is 41.0 Å². The van der Waals surface area contributed by atoms with Gasteiger partial charge in [0.15, 0.2) is 6.10 Å². The highest BCUT2D eigenvalue weighted by Crippen LogP contribution is 2.14. The molecule has 0 aliphatic rings. The number of ether oxygens (including phenoxy) is 3. The molecule has 0 bridgehead atoms. The van der Waals surface area contributed by atoms with Gasteiger partial charge >= 0.3 is 11.9 Å². The fraction of sp³-hybridized carbons (Fsp3) is 0.875. The maximum absolute atomic E-state index is 12.6. The number of esters is 2. The molecule has 0 radical (unpaired) electrons. The minimum Gasteiger partial charge on any atom is -0.544 e. The van der Waals surface area contributed by atoms with Crippen molar-refractivity contribution in [3.8, 4) is 0 Å². The molecule has 0 aliphatic heterocycles. The number of carbonyl (C=O) groups is 3. The summed E-state index contributed by atoms with van der Waals surface area (Å²) < 4.78 is 17.0. The van der Waals surface area contributed by atoms with Gasteiger partial charge < -0.3 is 28.6 Å². The molecule has 0 aromatic carbocycles. The molecule has 0 rings (SSSR count). The molecule has 0 aromatic heterocycles. The topological polar surface area (TPSA) is 102 Å². The van der Waals surface area contributed by atoms with Gasteiger partial charge in [-0.1, -0.05) is 129 Å². The lowest BCUT2D eigenvalue weighted by molar-refractivity contribution is -0.889. The normalized spacial score (nSPS) is 13.1. The number of unbranched alkanes of at least 4 members (excludes halogenated alkanes) is 19. The van der Waals surface area contributed by atoms with Crippen molar-refractivity contribution in [2.24, 2.45) is 0 Å². The van der Waals surface area contributed by atoms with Crippen molar-refractivity contribution < 1.29 is 38.2 Å². The van der Waals surface area contributed by atoms with Crippen LogP contribution in [0.1, 0.15) is 174 Å². The van der Waals surface area contributed by atoms with Crippen molar-refractivity contribution >= 4 is 17.9 Å². The molecule has 0 aliphatic carbocycles. The van der Waals surface area contributed by atoms with Gasteiger partial charge in [0, 0.05) is 19.3 Å². The minimum atomic E-state index is -1.13. The Morgan fingerprint density at radius 2 is 1.04 bits per heavy atom. The molecular weight excluding hydrogens is 606 g/mol. The Bertz CT molecular complexity index is 808. The maximum Gasteiger partial charge on any atom is 0.306 e. The van der Waals surface area contributed by atoms with Crippen molar-refractivity contribution in [1.82, 2.24) is 0 Å². The molecule has 8 heteroatoms. The number of hydrogen-bond acceptors (Lipinski definition) is 7. The van der Waals surface area contributed by atoms with Gasteiger partial charge in [-0.05, 0) is 38.5 Å². The quantitative estimate of drug-likeness (QED) is 0.0286. The zero-order valence-electron chi connectivity index (χ0n) is 31.9. The van der Waals surface area contributed by atoms with E-state index in [1.165, 1.54) is 89.9 Å². The molecule has 0 fully saturated rings. The van der Waals surface area contributed by atoms with Gasteiger partial charge in [-0.25, -0.2) is 0 Å². The van der Waals surface area contributed by atoms with Crippen LogP contribution in [-0.2, 0) is 28.6 Å². The molecule has 8 nitrogen and oxygen atoms in total. The Morgan fingerprint density at radius 3 is 1.50 bits per heavy atom. The number of carboxylic acid groups (broad SMARTS) is 1. The predicted molar refractivity (Wildman–Crippen MR) is 194 cm³/mol. The average molecular weight is 682 g/mol. The highest BCUT2D eigenvalue weighted by atomic mass is 16.6. The molecule has 0 N–H and O–H groups in total. The second-order valence-electron chi connectivity index (χ2n) is 14.5. The summed E-state index contributed by atoms with van der Waals surface area (Å²) >= 11 is 0. The molecule has 0 aromatic rings. The van der Waals surface area contributed by atoms with Crippen LogP contribution in [0, 0.1) is 0 Å². The largest absolute Gasteiger partial charge is 0.544 e. The lowest BCUT2D eigenvalue weighted by Gasteiger charge is -2.34. The summed E-state index contributed by atoms with van der Waals surface area (Å²) in [5.74, 6) is -1.75. The standard InChI is InChI=1S/C40H75NO7/c1-6-8-10-12-13-14-15-16-17-18-19-20-21-22-23-24-25-27-29-31-39(43)48-36(35-47-38(42)30-28-26-11-9-7-2)34-46-33-32-37(40(44)45)41(3,4)5/h16-17,36-37H,6-15,18-35H2,1-5H3/b17-16-. The van der Waals surface area contributed by atoms with Crippen molar-refractivity contribution in [3.05, 3.63) is 12.2 Å². The van der Waals surface area contributed by atoms with E-state index in [1.807, 2.05) is 0 Å². The zero-order chi connectivity index (χ0) is 35.7. The van der Waals surface area contributed by atoms with Crippen molar-refractivity contribution in [2.45, 2.75) is 187 Å². The molecular formula is C40H75NO7. The third-order valence-corrected chi connectivity index (χ3v) is 8.90. The monoisotopic (exact) mass is 682 g/mol. The molecule has 2 atom stereocenters. The fourth-order valence-corrected chi connectivity index (χ4v) is 5.77. The number of likely N-dealkylation sites (N-methyl/N-ethyl adjacent to an activating group) is 1. The summed E-state index contributed by atoms with van der Waals surface area (Å²) in [5, 5.41) is 11.5. The van der Waals surface area contributed by atoms with Crippen LogP contribution in [-0.4, -0.2) is 75.5 Å². The molecule has 0 heterocycles. The number of hydrogen-bond donors (Lipinski definition) is 0. The Balaban J connectivity index is 4.19. The fourth-order valence-electron chi connectivity index (χ4n) is 5.77. The lowest BCUT2D eigenvalue weighted by atomic mass is 10.1. The van der Waals surface area contributed by atoms with Gasteiger partial charge in [0.2, 0.25) is 0 Å². The minimum absolute atomic E-state index is 0.0436. The van der Waals surface area contributed by atoms with E-state index >= 15 is 0 Å². The number of nitrogens with zero attached hydrogens (tertiary/aromatic N) is 1. The average Bonchev–Trinajstić information content (AvgIpc) is 3.03. The SMILES string of the molecule is CCCCCCCC/C=C\CCCCCCCCCCCC(=O)OC(COCCC(C(=O)[O-])[N+](C)(C)C)COC(=O)CCCCCCC. The van der Waals surface area contributed by atoms with Gasteiger partial charge in [-0.3, -0.25) is 9.59 Å². The Hall–Kier alpha value is -1.93. The van der Waals surface area contributed by atoms with E-state index in [0.717, 1.165) is 51.4 Å². The van der Waals surface area contributed by atoms with Gasteiger partial charge in [0.1, 0.15) is 12.6 Å². The zero-order valence-corrected chi connectivity index (χ0v) is 31.9. The summed E-state index contributed by atoms with van der Waals surface area (Å²) in [6.07, 6.45) is 31.3. The second kappa shape index (κ2) is 32.3. The van der Waals surface area contributed by atoms with Gasteiger partial charge in [-0.2, -0.15) is 0 Å². The summed E-state index contributed by atoms with van der Waals surface area (Å²) in [6.45, 7) is 4.57. The van der Waals surface area contributed by atoms with Crippen LogP contribution in [0.15, 0.2) is 12.2 Å². The second-order valence-corrected chi connectivity index (χ2v) is 14.5. The molecule has 282 valence electrons. The van der Waals surface area contributed by atoms with E-state index in [1.54, 1.807) is 21.1 Å². The number of carboxylic acids is 1. The molecule has 0 saturated carbocycles. The third kappa shape index (κ3) is 30.2. The third-order valence-electron chi connectivity index (χ3n) is 8.90. The first kappa shape index (κ1) is 46.1. The van der Waals surface area contributed by atoms with E-state index in [4.69, 9.17) is 14.2 Å². The number of quaternary nitrogens is 1. The first-order valence-corrected chi connectivity index (χ1v) is 19.7. The number of carbonyl (C=O) groups excluding carboxylic acids is 3. The van der Waals surface area contributed by atoms with Crippen LogP contribution in [0.4, 0.5) is 0 Å². The highest BCUT2D eigenvalue weighted by molar-refractivity contribution is 5.70. The van der Waals surface area contributed by atoms with E-state index in [0.29, 0.717) is 12.8 Å². The molecule has 0 saturated heterocycles. The Labute approximate surface area is 295 Å². The maximum atomic E-state index is 12.6. The van der Waals surface area contributed by atoms with Crippen LogP contribution in [0.2, 0.25) is 0 Å². The first-order chi connectivity index (χ1) is 23.1. The molecule has 0 spiro atoms. The van der Waals surface area contributed by atoms with Crippen molar-refractivity contribution in [3.63, 3.8) is 0 Å². The lowest BCUT2D eigenvalue weighted by Crippen LogP contribution is -2.55. The van der Waals surface area contributed by atoms with Gasteiger partial charge in [0.25, 0.3) is 0 Å². The summed E-state index contributed by atoms with van der Waals surface area (Å²) in [5.41, 5.74) is 0. The number of rotatable bonds is 35. The number of allylic oxidation sites excluding steroid dienone is 2. The van der Waals surface area contributed by atoms with Crippen molar-refractivity contribution in [1.29, 1.82) is 0 Å². The summed E-state index contributed by atoms with van der Waals surface area (Å²) in [6, 6.07) is -0.719. The van der Waals surface area contributed by atoms with Crippen LogP contribution in [0.5, 0.6) is 0 Å². The van der Waals surface area contributed by atoms with E-state index in [9.17, 15) is 19.5 Å². The summed E-state index contributed by atoms with van der Waals surface area (Å²) in [4.78, 5) is 36.4. The van der Waals surface area contributed by atoms with Crippen LogP contribution < -0.4 is 5.11 Å². The van der Waals surface area contributed by atoms with Crippen LogP contribution >= 0.6 is 0 Å². The molecule has 48 heavy (non-hydrogen) atoms. The summed E-state index contributed by atoms with van der Waals surface area (Å²) in [7, 11) is 5.39.